The van der Waals surface area contributed by atoms with Gasteiger partial charge in [-0.1, -0.05) is 42.5 Å². The number of hydrogen-bond donors (Lipinski definition) is 2. The molecule has 0 saturated carbocycles. The van der Waals surface area contributed by atoms with Crippen LogP contribution < -0.4 is 10.1 Å². The van der Waals surface area contributed by atoms with E-state index in [4.69, 9.17) is 9.47 Å². The molecule has 0 aliphatic carbocycles. The Morgan fingerprint density at radius 3 is 2.54 bits per heavy atom. The largest absolute Gasteiger partial charge is 0.445 e. The number of aromatic amines is 1. The van der Waals surface area contributed by atoms with E-state index in [9.17, 15) is 9.59 Å². The number of alkyl carbamates (subject to hydrolysis) is 1. The molecule has 2 N–H and O–H groups in total. The third-order valence-corrected chi connectivity index (χ3v) is 3.94. The molecule has 0 fully saturated rings. The minimum atomic E-state index is -0.841. The third-order valence-electron chi connectivity index (χ3n) is 3.94. The van der Waals surface area contributed by atoms with Gasteiger partial charge in [0.25, 0.3) is 0 Å². The average molecular weight is 352 g/mol. The molecule has 134 valence electrons. The first-order chi connectivity index (χ1) is 12.5. The molecule has 0 saturated heterocycles. The van der Waals surface area contributed by atoms with Gasteiger partial charge in [-0.25, -0.2) is 9.59 Å². The minimum Gasteiger partial charge on any atom is -0.445 e. The second-order valence-corrected chi connectivity index (χ2v) is 5.97. The van der Waals surface area contributed by atoms with Crippen molar-refractivity contribution in [3.63, 3.8) is 0 Å². The fourth-order valence-corrected chi connectivity index (χ4v) is 2.57. The number of esters is 1. The lowest BCUT2D eigenvalue weighted by atomic mass is 10.2. The molecule has 0 aliphatic rings. The molecule has 3 rings (SSSR count). The molecule has 6 nitrogen and oxygen atoms in total. The highest BCUT2D eigenvalue weighted by Gasteiger charge is 2.21. The van der Waals surface area contributed by atoms with Crippen molar-refractivity contribution in [2.45, 2.75) is 26.5 Å². The number of carbonyl (C=O) groups excluding carboxylic acids is 2. The van der Waals surface area contributed by atoms with E-state index >= 15 is 0 Å². The number of benzene rings is 2. The highest BCUT2D eigenvalue weighted by atomic mass is 16.6. The fourth-order valence-electron chi connectivity index (χ4n) is 2.57. The summed E-state index contributed by atoms with van der Waals surface area (Å²) < 4.78 is 10.6. The number of amides is 1. The lowest BCUT2D eigenvalue weighted by Crippen LogP contribution is -2.41. The van der Waals surface area contributed by atoms with E-state index in [1.54, 1.807) is 6.92 Å². The van der Waals surface area contributed by atoms with Crippen molar-refractivity contribution >= 4 is 23.0 Å². The van der Waals surface area contributed by atoms with Crippen LogP contribution in [0.3, 0.4) is 0 Å². The van der Waals surface area contributed by atoms with Gasteiger partial charge < -0.3 is 19.8 Å². The van der Waals surface area contributed by atoms with Crippen LogP contribution >= 0.6 is 0 Å². The van der Waals surface area contributed by atoms with Crippen molar-refractivity contribution in [2.75, 3.05) is 0 Å². The summed E-state index contributed by atoms with van der Waals surface area (Å²) in [6, 6.07) is 16.0. The molecule has 0 radical (unpaired) electrons. The highest BCUT2D eigenvalue weighted by molar-refractivity contribution is 5.91. The lowest BCUT2D eigenvalue weighted by Gasteiger charge is -2.13. The first-order valence-electron chi connectivity index (χ1n) is 8.31. The van der Waals surface area contributed by atoms with Gasteiger partial charge in [-0.15, -0.1) is 0 Å². The molecule has 1 aromatic heterocycles. The number of nitrogens with one attached hydrogen (secondary N) is 2. The SMILES string of the molecule is Cc1[nH]c2ccccc2c1OC(=O)[C@H](C)NC(=O)OCc1ccccc1. The molecule has 1 heterocycles. The predicted molar refractivity (Wildman–Crippen MR) is 97.9 cm³/mol. The van der Waals surface area contributed by atoms with Gasteiger partial charge in [0.05, 0.1) is 5.69 Å². The maximum absolute atomic E-state index is 12.3. The predicted octanol–water partition coefficient (Wildman–Crippen LogP) is 3.70. The number of aromatic nitrogens is 1. The lowest BCUT2D eigenvalue weighted by molar-refractivity contribution is -0.136. The quantitative estimate of drug-likeness (QED) is 0.686. The van der Waals surface area contributed by atoms with Crippen LogP contribution in [0.5, 0.6) is 5.75 Å². The molecular weight excluding hydrogens is 332 g/mol. The summed E-state index contributed by atoms with van der Waals surface area (Å²) in [5.41, 5.74) is 2.50. The number of rotatable bonds is 5. The maximum atomic E-state index is 12.3. The summed E-state index contributed by atoms with van der Waals surface area (Å²) >= 11 is 0. The van der Waals surface area contributed by atoms with Crippen LogP contribution in [0.1, 0.15) is 18.2 Å². The summed E-state index contributed by atoms with van der Waals surface area (Å²) in [7, 11) is 0. The fraction of sp³-hybridized carbons (Fsp3) is 0.200. The molecule has 3 aromatic rings. The van der Waals surface area contributed by atoms with Crippen molar-refractivity contribution in [1.29, 1.82) is 0 Å². The van der Waals surface area contributed by atoms with E-state index in [1.807, 2.05) is 61.5 Å². The molecule has 0 aliphatic heterocycles. The second kappa shape index (κ2) is 7.74. The average Bonchev–Trinajstić information content (AvgIpc) is 2.96. The Hall–Kier alpha value is -3.28. The van der Waals surface area contributed by atoms with Crippen molar-refractivity contribution in [3.05, 3.63) is 65.9 Å². The van der Waals surface area contributed by atoms with Gasteiger partial charge in [-0.3, -0.25) is 0 Å². The first-order valence-corrected chi connectivity index (χ1v) is 8.31. The van der Waals surface area contributed by atoms with Gasteiger partial charge in [0.15, 0.2) is 5.75 Å². The van der Waals surface area contributed by atoms with Crippen molar-refractivity contribution in [1.82, 2.24) is 10.3 Å². The standard InChI is InChI=1S/C20H20N2O4/c1-13-18(16-10-6-7-11-17(16)21-13)26-19(23)14(2)22-20(24)25-12-15-8-4-3-5-9-15/h3-11,14,21H,12H2,1-2H3,(H,22,24)/t14-/m0/s1. The number of aryl methyl sites for hydroxylation is 1. The number of fused-ring (bicyclic) bond motifs is 1. The summed E-state index contributed by atoms with van der Waals surface area (Å²) in [6.45, 7) is 3.51. The molecule has 1 atom stereocenters. The van der Waals surface area contributed by atoms with Crippen LogP contribution in [-0.4, -0.2) is 23.1 Å². The van der Waals surface area contributed by atoms with Gasteiger partial charge in [-0.2, -0.15) is 0 Å². The van der Waals surface area contributed by atoms with E-state index in [0.717, 1.165) is 22.2 Å². The van der Waals surface area contributed by atoms with E-state index in [0.29, 0.717) is 5.75 Å². The number of carbonyl (C=O) groups is 2. The van der Waals surface area contributed by atoms with Gasteiger partial charge >= 0.3 is 12.1 Å². The van der Waals surface area contributed by atoms with Crippen LogP contribution in [0.15, 0.2) is 54.6 Å². The number of para-hydroxylation sites is 1. The van der Waals surface area contributed by atoms with E-state index in [2.05, 4.69) is 10.3 Å². The van der Waals surface area contributed by atoms with E-state index < -0.39 is 18.1 Å². The molecule has 26 heavy (non-hydrogen) atoms. The number of H-pyrrole nitrogens is 1. The Morgan fingerprint density at radius 2 is 1.77 bits per heavy atom. The van der Waals surface area contributed by atoms with Crippen molar-refractivity contribution in [3.8, 4) is 5.75 Å². The van der Waals surface area contributed by atoms with Crippen LogP contribution in [0.2, 0.25) is 0 Å². The zero-order valence-corrected chi connectivity index (χ0v) is 14.6. The molecule has 2 aromatic carbocycles. The molecular formula is C20H20N2O4. The Morgan fingerprint density at radius 1 is 1.08 bits per heavy atom. The van der Waals surface area contributed by atoms with Gasteiger partial charge in [-0.05, 0) is 31.5 Å². The molecule has 0 spiro atoms. The highest BCUT2D eigenvalue weighted by Crippen LogP contribution is 2.29. The number of ether oxygens (including phenoxy) is 2. The molecule has 0 unspecified atom stereocenters. The number of hydrogen-bond acceptors (Lipinski definition) is 4. The topological polar surface area (TPSA) is 80.4 Å². The van der Waals surface area contributed by atoms with E-state index in [1.165, 1.54) is 0 Å². The molecule has 1 amide bonds. The molecule has 6 heteroatoms. The van der Waals surface area contributed by atoms with Gasteiger partial charge in [0, 0.05) is 10.9 Å². The van der Waals surface area contributed by atoms with E-state index in [-0.39, 0.29) is 6.61 Å². The Kier molecular flexibility index (Phi) is 5.22. The van der Waals surface area contributed by atoms with Crippen LogP contribution in [0.25, 0.3) is 10.9 Å². The smallest absolute Gasteiger partial charge is 0.408 e. The third kappa shape index (κ3) is 4.03. The Bertz CT molecular complexity index is 918. The summed E-state index contributed by atoms with van der Waals surface area (Å²) in [4.78, 5) is 27.3. The van der Waals surface area contributed by atoms with Crippen molar-refractivity contribution < 1.29 is 19.1 Å². The Labute approximate surface area is 151 Å². The summed E-state index contributed by atoms with van der Waals surface area (Å²) in [6.07, 6.45) is -0.672. The van der Waals surface area contributed by atoms with Crippen LogP contribution in [0.4, 0.5) is 4.79 Å². The first kappa shape index (κ1) is 17.5. The monoisotopic (exact) mass is 352 g/mol. The van der Waals surface area contributed by atoms with Crippen LogP contribution in [-0.2, 0) is 16.1 Å². The zero-order chi connectivity index (χ0) is 18.5. The second-order valence-electron chi connectivity index (χ2n) is 5.97. The minimum absolute atomic E-state index is 0.135. The Balaban J connectivity index is 1.57. The van der Waals surface area contributed by atoms with Crippen molar-refractivity contribution in [2.24, 2.45) is 0 Å². The van der Waals surface area contributed by atoms with Crippen LogP contribution in [0, 0.1) is 6.92 Å². The maximum Gasteiger partial charge on any atom is 0.408 e. The molecule has 0 bridgehead atoms. The summed E-state index contributed by atoms with van der Waals surface area (Å²) in [5, 5.41) is 3.30. The zero-order valence-electron chi connectivity index (χ0n) is 14.6. The normalized spacial score (nSPS) is 11.8. The van der Waals surface area contributed by atoms with Gasteiger partial charge in [0.1, 0.15) is 12.6 Å². The summed E-state index contributed by atoms with van der Waals surface area (Å²) in [5.74, 6) is -0.0913. The van der Waals surface area contributed by atoms with Gasteiger partial charge in [0.2, 0.25) is 0 Å².